The van der Waals surface area contributed by atoms with Gasteiger partial charge in [-0.15, -0.1) is 0 Å². The van der Waals surface area contributed by atoms with Crippen LogP contribution >= 0.6 is 11.6 Å². The molecule has 5 nitrogen and oxygen atoms in total. The highest BCUT2D eigenvalue weighted by molar-refractivity contribution is 6.30. The van der Waals surface area contributed by atoms with Crippen LogP contribution in [0.1, 0.15) is 13.8 Å². The minimum atomic E-state index is -0.288. The Labute approximate surface area is 146 Å². The summed E-state index contributed by atoms with van der Waals surface area (Å²) in [7, 11) is 0. The number of halogens is 1. The summed E-state index contributed by atoms with van der Waals surface area (Å²) in [5.41, 5.74) is 1.26. The molecule has 0 aliphatic carbocycles. The van der Waals surface area contributed by atoms with Gasteiger partial charge in [0.1, 0.15) is 12.3 Å². The molecule has 0 heterocycles. The van der Waals surface area contributed by atoms with Crippen LogP contribution in [0.2, 0.25) is 5.02 Å². The Morgan fingerprint density at radius 1 is 1.08 bits per heavy atom. The van der Waals surface area contributed by atoms with Crippen molar-refractivity contribution in [2.24, 2.45) is 0 Å². The maximum absolute atomic E-state index is 12.2. The molecule has 0 saturated heterocycles. The Balaban J connectivity index is 2.02. The van der Waals surface area contributed by atoms with Crippen LogP contribution in [0, 0.1) is 0 Å². The molecule has 0 aliphatic rings. The maximum Gasteiger partial charge on any atom is 0.244 e. The lowest BCUT2D eigenvalue weighted by Gasteiger charge is -2.20. The lowest BCUT2D eigenvalue weighted by atomic mass is 10.2. The number of amides is 2. The standard InChI is InChI=1S/C18H19ClN2O3/c1-3-24-17-10-6-15(7-11-17)20-18(23)12-21(13(2)22)16-8-4-14(19)5-9-16/h4-11H,3,12H2,1-2H3,(H,20,23). The van der Waals surface area contributed by atoms with Crippen molar-refractivity contribution in [2.45, 2.75) is 13.8 Å². The van der Waals surface area contributed by atoms with Crippen molar-refractivity contribution in [3.05, 3.63) is 53.6 Å². The molecule has 0 aromatic heterocycles. The van der Waals surface area contributed by atoms with Gasteiger partial charge in [0.05, 0.1) is 6.61 Å². The van der Waals surface area contributed by atoms with E-state index < -0.39 is 0 Å². The number of hydrogen-bond donors (Lipinski definition) is 1. The molecular formula is C18H19ClN2O3. The average Bonchev–Trinajstić information content (AvgIpc) is 2.55. The fourth-order valence-electron chi connectivity index (χ4n) is 2.15. The van der Waals surface area contributed by atoms with Gasteiger partial charge in [0.25, 0.3) is 0 Å². The first-order valence-electron chi connectivity index (χ1n) is 7.56. The molecule has 2 aromatic rings. The normalized spacial score (nSPS) is 10.1. The lowest BCUT2D eigenvalue weighted by Crippen LogP contribution is -2.36. The van der Waals surface area contributed by atoms with E-state index in [-0.39, 0.29) is 18.4 Å². The summed E-state index contributed by atoms with van der Waals surface area (Å²) < 4.78 is 5.35. The minimum Gasteiger partial charge on any atom is -0.494 e. The third-order valence-electron chi connectivity index (χ3n) is 3.27. The first kappa shape index (κ1) is 17.8. The molecule has 0 spiro atoms. The van der Waals surface area contributed by atoms with E-state index in [1.807, 2.05) is 6.92 Å². The lowest BCUT2D eigenvalue weighted by molar-refractivity contribution is -0.120. The van der Waals surface area contributed by atoms with Gasteiger partial charge in [0.15, 0.2) is 0 Å². The maximum atomic E-state index is 12.2. The van der Waals surface area contributed by atoms with Crippen LogP contribution in [0.25, 0.3) is 0 Å². The number of nitrogens with zero attached hydrogens (tertiary/aromatic N) is 1. The number of carbonyl (C=O) groups is 2. The van der Waals surface area contributed by atoms with Crippen molar-refractivity contribution in [1.82, 2.24) is 0 Å². The van der Waals surface area contributed by atoms with Crippen molar-refractivity contribution in [2.75, 3.05) is 23.4 Å². The number of hydrogen-bond acceptors (Lipinski definition) is 3. The largest absolute Gasteiger partial charge is 0.494 e. The van der Waals surface area contributed by atoms with Crippen LogP contribution in [0.5, 0.6) is 5.75 Å². The van der Waals surface area contributed by atoms with Crippen LogP contribution in [0.4, 0.5) is 11.4 Å². The van der Waals surface area contributed by atoms with Crippen LogP contribution < -0.4 is 15.0 Å². The molecule has 0 atom stereocenters. The Kier molecular flexibility index (Phi) is 6.21. The monoisotopic (exact) mass is 346 g/mol. The van der Waals surface area contributed by atoms with Gasteiger partial charge in [-0.05, 0) is 55.5 Å². The van der Waals surface area contributed by atoms with Crippen LogP contribution in [0.3, 0.4) is 0 Å². The van der Waals surface area contributed by atoms with Crippen molar-refractivity contribution in [3.8, 4) is 5.75 Å². The summed E-state index contributed by atoms with van der Waals surface area (Å²) in [6, 6.07) is 13.8. The van der Waals surface area contributed by atoms with Gasteiger partial charge in [-0.25, -0.2) is 0 Å². The highest BCUT2D eigenvalue weighted by Crippen LogP contribution is 2.19. The number of ether oxygens (including phenoxy) is 1. The third kappa shape index (κ3) is 4.99. The second kappa shape index (κ2) is 8.36. The summed E-state index contributed by atoms with van der Waals surface area (Å²) in [6.45, 7) is 3.83. The van der Waals surface area contributed by atoms with E-state index >= 15 is 0 Å². The quantitative estimate of drug-likeness (QED) is 0.867. The molecule has 0 radical (unpaired) electrons. The summed E-state index contributed by atoms with van der Waals surface area (Å²) >= 11 is 5.85. The SMILES string of the molecule is CCOc1ccc(NC(=O)CN(C(C)=O)c2ccc(Cl)cc2)cc1. The molecule has 2 aromatic carbocycles. The van der Waals surface area contributed by atoms with Crippen LogP contribution in [-0.4, -0.2) is 25.0 Å². The van der Waals surface area contributed by atoms with Gasteiger partial charge in [0, 0.05) is 23.3 Å². The highest BCUT2D eigenvalue weighted by atomic mass is 35.5. The van der Waals surface area contributed by atoms with Gasteiger partial charge >= 0.3 is 0 Å². The first-order chi connectivity index (χ1) is 11.5. The van der Waals surface area contributed by atoms with Crippen LogP contribution in [0.15, 0.2) is 48.5 Å². The summed E-state index contributed by atoms with van der Waals surface area (Å²) in [6.07, 6.45) is 0. The molecular weight excluding hydrogens is 328 g/mol. The molecule has 0 bridgehead atoms. The zero-order valence-corrected chi connectivity index (χ0v) is 14.3. The van der Waals surface area contributed by atoms with Crippen molar-refractivity contribution in [1.29, 1.82) is 0 Å². The fourth-order valence-corrected chi connectivity index (χ4v) is 2.28. The van der Waals surface area contributed by atoms with Gasteiger partial charge in [0.2, 0.25) is 11.8 Å². The summed E-state index contributed by atoms with van der Waals surface area (Å²) in [5, 5.41) is 3.33. The van der Waals surface area contributed by atoms with Gasteiger partial charge in [-0.2, -0.15) is 0 Å². The Hall–Kier alpha value is -2.53. The second-order valence-electron chi connectivity index (χ2n) is 5.09. The Morgan fingerprint density at radius 3 is 2.25 bits per heavy atom. The average molecular weight is 347 g/mol. The second-order valence-corrected chi connectivity index (χ2v) is 5.52. The fraction of sp³-hybridized carbons (Fsp3) is 0.222. The van der Waals surface area contributed by atoms with E-state index in [9.17, 15) is 9.59 Å². The zero-order chi connectivity index (χ0) is 17.5. The van der Waals surface area contributed by atoms with Crippen molar-refractivity contribution >= 4 is 34.8 Å². The van der Waals surface area contributed by atoms with Crippen LogP contribution in [-0.2, 0) is 9.59 Å². The molecule has 1 N–H and O–H groups in total. The van der Waals surface area contributed by atoms with E-state index in [1.54, 1.807) is 48.5 Å². The predicted octanol–water partition coefficient (Wildman–Crippen LogP) is 3.73. The van der Waals surface area contributed by atoms with Gasteiger partial charge < -0.3 is 15.0 Å². The van der Waals surface area contributed by atoms with Crippen molar-refractivity contribution in [3.63, 3.8) is 0 Å². The molecule has 0 fully saturated rings. The van der Waals surface area contributed by atoms with Crippen molar-refractivity contribution < 1.29 is 14.3 Å². The molecule has 0 aliphatic heterocycles. The third-order valence-corrected chi connectivity index (χ3v) is 3.52. The van der Waals surface area contributed by atoms with E-state index in [0.29, 0.717) is 23.0 Å². The molecule has 2 rings (SSSR count). The number of anilines is 2. The van der Waals surface area contributed by atoms with Gasteiger partial charge in [-0.3, -0.25) is 9.59 Å². The molecule has 126 valence electrons. The topological polar surface area (TPSA) is 58.6 Å². The van der Waals surface area contributed by atoms with E-state index in [4.69, 9.17) is 16.3 Å². The molecule has 24 heavy (non-hydrogen) atoms. The zero-order valence-electron chi connectivity index (χ0n) is 13.6. The minimum absolute atomic E-state index is 0.0792. The van der Waals surface area contributed by atoms with E-state index in [1.165, 1.54) is 11.8 Å². The molecule has 2 amide bonds. The first-order valence-corrected chi connectivity index (χ1v) is 7.93. The summed E-state index contributed by atoms with van der Waals surface area (Å²) in [4.78, 5) is 25.4. The smallest absolute Gasteiger partial charge is 0.244 e. The molecule has 0 saturated carbocycles. The molecule has 6 heteroatoms. The number of rotatable bonds is 6. The highest BCUT2D eigenvalue weighted by Gasteiger charge is 2.16. The predicted molar refractivity (Wildman–Crippen MR) is 95.7 cm³/mol. The Bertz CT molecular complexity index is 699. The summed E-state index contributed by atoms with van der Waals surface area (Å²) in [5.74, 6) is 0.227. The number of benzene rings is 2. The van der Waals surface area contributed by atoms with E-state index in [2.05, 4.69) is 5.32 Å². The molecule has 0 unspecified atom stereocenters. The van der Waals surface area contributed by atoms with E-state index in [0.717, 1.165) is 5.75 Å². The number of nitrogens with one attached hydrogen (secondary N) is 1. The number of carbonyl (C=O) groups excluding carboxylic acids is 2. The van der Waals surface area contributed by atoms with Gasteiger partial charge in [-0.1, -0.05) is 11.6 Å². The Morgan fingerprint density at radius 2 is 1.71 bits per heavy atom.